The average Bonchev–Trinajstić information content (AvgIpc) is 2.88. The van der Waals surface area contributed by atoms with Crippen molar-refractivity contribution in [3.05, 3.63) is 42.2 Å². The molecule has 2 aromatic rings. The van der Waals surface area contributed by atoms with Crippen LogP contribution in [0.2, 0.25) is 0 Å². The van der Waals surface area contributed by atoms with E-state index in [1.54, 1.807) is 6.07 Å². The van der Waals surface area contributed by atoms with Gasteiger partial charge in [0.1, 0.15) is 5.76 Å². The smallest absolute Gasteiger partial charge is 0.289 e. The first kappa shape index (κ1) is 14.3. The zero-order valence-electron chi connectivity index (χ0n) is 13.1. The first-order chi connectivity index (χ1) is 11.2. The quantitative estimate of drug-likeness (QED) is 0.865. The summed E-state index contributed by atoms with van der Waals surface area (Å²) in [5.74, 6) is 1.11. The van der Waals surface area contributed by atoms with E-state index in [2.05, 4.69) is 4.90 Å². The summed E-state index contributed by atoms with van der Waals surface area (Å²) in [6, 6.07) is 11.5. The number of nitrogens with two attached hydrogens (primary N) is 1. The van der Waals surface area contributed by atoms with Gasteiger partial charge < -0.3 is 20.0 Å². The standard InChI is InChI=1S/C18H21N3O2/c19-14-3-1-2-13(12-14)16-4-5-17(23-16)18(22)21-11-10-20-8-6-15(21)7-9-20/h1-5,12,15H,6-11,19H2. The molecule has 5 heteroatoms. The van der Waals surface area contributed by atoms with E-state index in [0.29, 0.717) is 23.2 Å². The molecule has 5 nitrogen and oxygen atoms in total. The van der Waals surface area contributed by atoms with Gasteiger partial charge in [-0.05, 0) is 37.1 Å². The van der Waals surface area contributed by atoms with Crippen LogP contribution in [0, 0.1) is 0 Å². The molecular formula is C18H21N3O2. The number of carbonyl (C=O) groups excluding carboxylic acids is 1. The molecule has 120 valence electrons. The number of carbonyl (C=O) groups is 1. The van der Waals surface area contributed by atoms with Gasteiger partial charge in [0.2, 0.25) is 0 Å². The molecular weight excluding hydrogens is 290 g/mol. The number of nitrogen functional groups attached to an aromatic ring is 1. The largest absolute Gasteiger partial charge is 0.451 e. The molecule has 3 saturated heterocycles. The molecule has 0 atom stereocenters. The Balaban J connectivity index is 1.57. The lowest BCUT2D eigenvalue weighted by Gasteiger charge is -2.30. The first-order valence-corrected chi connectivity index (χ1v) is 8.20. The minimum absolute atomic E-state index is 0.00824. The van der Waals surface area contributed by atoms with Crippen LogP contribution in [0.3, 0.4) is 0 Å². The summed E-state index contributed by atoms with van der Waals surface area (Å²) < 4.78 is 5.83. The maximum absolute atomic E-state index is 12.8. The van der Waals surface area contributed by atoms with E-state index in [1.165, 1.54) is 0 Å². The third-order valence-electron chi connectivity index (χ3n) is 4.90. The Morgan fingerprint density at radius 3 is 2.70 bits per heavy atom. The molecule has 1 amide bonds. The number of benzene rings is 1. The molecule has 0 spiro atoms. The summed E-state index contributed by atoms with van der Waals surface area (Å²) in [7, 11) is 0. The Hall–Kier alpha value is -2.27. The van der Waals surface area contributed by atoms with Crippen LogP contribution in [0.4, 0.5) is 5.69 Å². The Morgan fingerprint density at radius 2 is 1.91 bits per heavy atom. The van der Waals surface area contributed by atoms with Gasteiger partial charge in [0.15, 0.2) is 5.76 Å². The lowest BCUT2D eigenvalue weighted by molar-refractivity contribution is 0.0653. The highest BCUT2D eigenvalue weighted by molar-refractivity contribution is 5.92. The van der Waals surface area contributed by atoms with Crippen molar-refractivity contribution < 1.29 is 9.21 Å². The summed E-state index contributed by atoms with van der Waals surface area (Å²) in [4.78, 5) is 17.3. The van der Waals surface area contributed by atoms with E-state index in [-0.39, 0.29) is 5.91 Å². The van der Waals surface area contributed by atoms with E-state index in [4.69, 9.17) is 10.2 Å². The van der Waals surface area contributed by atoms with Crippen molar-refractivity contribution in [1.82, 2.24) is 9.80 Å². The number of amides is 1. The molecule has 23 heavy (non-hydrogen) atoms. The average molecular weight is 311 g/mol. The topological polar surface area (TPSA) is 62.7 Å². The molecule has 0 aliphatic carbocycles. The molecule has 5 rings (SSSR count). The summed E-state index contributed by atoms with van der Waals surface area (Å²) >= 11 is 0. The number of fused-ring (bicyclic) bond motifs is 4. The van der Waals surface area contributed by atoms with Gasteiger partial charge in [-0.15, -0.1) is 0 Å². The van der Waals surface area contributed by atoms with Gasteiger partial charge >= 0.3 is 0 Å². The van der Waals surface area contributed by atoms with E-state index in [9.17, 15) is 4.79 Å². The van der Waals surface area contributed by atoms with Crippen molar-refractivity contribution in [2.24, 2.45) is 0 Å². The summed E-state index contributed by atoms with van der Waals surface area (Å²) in [5, 5.41) is 0. The number of hydrogen-bond donors (Lipinski definition) is 1. The third kappa shape index (κ3) is 2.72. The molecule has 1 aromatic heterocycles. The Morgan fingerprint density at radius 1 is 1.09 bits per heavy atom. The van der Waals surface area contributed by atoms with E-state index >= 15 is 0 Å². The second-order valence-corrected chi connectivity index (χ2v) is 6.36. The van der Waals surface area contributed by atoms with Crippen LogP contribution < -0.4 is 5.73 Å². The zero-order chi connectivity index (χ0) is 15.8. The van der Waals surface area contributed by atoms with Gasteiger partial charge in [-0.25, -0.2) is 0 Å². The van der Waals surface area contributed by atoms with Gasteiger partial charge in [0, 0.05) is 43.5 Å². The maximum atomic E-state index is 12.8. The molecule has 3 aliphatic heterocycles. The fraction of sp³-hybridized carbons (Fsp3) is 0.389. The Bertz CT molecular complexity index is 717. The van der Waals surface area contributed by atoms with Crippen molar-refractivity contribution in [3.8, 4) is 11.3 Å². The molecule has 4 heterocycles. The van der Waals surface area contributed by atoms with Crippen LogP contribution in [0.1, 0.15) is 23.4 Å². The number of hydrogen-bond acceptors (Lipinski definition) is 4. The van der Waals surface area contributed by atoms with Crippen LogP contribution in [0.25, 0.3) is 11.3 Å². The van der Waals surface area contributed by atoms with E-state index in [0.717, 1.165) is 44.6 Å². The van der Waals surface area contributed by atoms with Crippen LogP contribution in [-0.2, 0) is 0 Å². The fourth-order valence-electron chi connectivity index (χ4n) is 3.60. The number of piperidine rings is 1. The molecule has 0 radical (unpaired) electrons. The fourth-order valence-corrected chi connectivity index (χ4v) is 3.60. The van der Waals surface area contributed by atoms with Crippen molar-refractivity contribution in [2.45, 2.75) is 18.9 Å². The second kappa shape index (κ2) is 5.74. The van der Waals surface area contributed by atoms with Crippen LogP contribution in [0.5, 0.6) is 0 Å². The Kier molecular flexibility index (Phi) is 3.58. The number of rotatable bonds is 2. The maximum Gasteiger partial charge on any atom is 0.289 e. The van der Waals surface area contributed by atoms with Gasteiger partial charge in [0.05, 0.1) is 0 Å². The summed E-state index contributed by atoms with van der Waals surface area (Å²) in [6.07, 6.45) is 2.13. The predicted molar refractivity (Wildman–Crippen MR) is 89.1 cm³/mol. The predicted octanol–water partition coefficient (Wildman–Crippen LogP) is 2.45. The van der Waals surface area contributed by atoms with Gasteiger partial charge in [0.25, 0.3) is 5.91 Å². The third-order valence-corrected chi connectivity index (χ3v) is 4.90. The van der Waals surface area contributed by atoms with Crippen LogP contribution in [-0.4, -0.2) is 47.9 Å². The van der Waals surface area contributed by atoms with Crippen LogP contribution in [0.15, 0.2) is 40.8 Å². The molecule has 3 fully saturated rings. The number of furan rings is 1. The highest BCUT2D eigenvalue weighted by Crippen LogP contribution is 2.27. The lowest BCUT2D eigenvalue weighted by Crippen LogP contribution is -2.41. The molecule has 2 bridgehead atoms. The van der Waals surface area contributed by atoms with E-state index < -0.39 is 0 Å². The minimum atomic E-state index is 0.00824. The van der Waals surface area contributed by atoms with Gasteiger partial charge in [-0.1, -0.05) is 12.1 Å². The molecule has 1 aromatic carbocycles. The highest BCUT2D eigenvalue weighted by Gasteiger charge is 2.33. The summed E-state index contributed by atoms with van der Waals surface area (Å²) in [5.41, 5.74) is 7.40. The Labute approximate surface area is 135 Å². The molecule has 0 unspecified atom stereocenters. The van der Waals surface area contributed by atoms with Gasteiger partial charge in [-0.2, -0.15) is 0 Å². The monoisotopic (exact) mass is 311 g/mol. The summed E-state index contributed by atoms with van der Waals surface area (Å²) in [6.45, 7) is 3.95. The van der Waals surface area contributed by atoms with E-state index in [1.807, 2.05) is 35.2 Å². The lowest BCUT2D eigenvalue weighted by atomic mass is 10.1. The number of nitrogens with zero attached hydrogens (tertiary/aromatic N) is 2. The first-order valence-electron chi connectivity index (χ1n) is 8.20. The van der Waals surface area contributed by atoms with Crippen molar-refractivity contribution in [3.63, 3.8) is 0 Å². The van der Waals surface area contributed by atoms with Crippen LogP contribution >= 0.6 is 0 Å². The SMILES string of the molecule is Nc1cccc(-c2ccc(C(=O)N3CCN4CCC3CC4)o2)c1. The molecule has 2 N–H and O–H groups in total. The zero-order valence-corrected chi connectivity index (χ0v) is 13.1. The highest BCUT2D eigenvalue weighted by atomic mass is 16.4. The number of anilines is 1. The molecule has 3 aliphatic rings. The normalized spacial score (nSPS) is 23.7. The van der Waals surface area contributed by atoms with Crippen molar-refractivity contribution in [2.75, 3.05) is 31.9 Å². The van der Waals surface area contributed by atoms with Gasteiger partial charge in [-0.3, -0.25) is 4.79 Å². The molecule has 0 saturated carbocycles. The minimum Gasteiger partial charge on any atom is -0.451 e. The van der Waals surface area contributed by atoms with Crippen molar-refractivity contribution in [1.29, 1.82) is 0 Å². The van der Waals surface area contributed by atoms with Crippen molar-refractivity contribution >= 4 is 11.6 Å². The second-order valence-electron chi connectivity index (χ2n) is 6.36.